The summed E-state index contributed by atoms with van der Waals surface area (Å²) in [4.78, 5) is 26.0. The Hall–Kier alpha value is -2.62. The van der Waals surface area contributed by atoms with Crippen LogP contribution in [0, 0.1) is 0 Å². The third-order valence-electron chi connectivity index (χ3n) is 5.11. The third kappa shape index (κ3) is 4.72. The lowest BCUT2D eigenvalue weighted by Gasteiger charge is -2.28. The predicted octanol–water partition coefficient (Wildman–Crippen LogP) is 3.40. The molecule has 0 saturated carbocycles. The molecule has 4 heteroatoms. The Kier molecular flexibility index (Phi) is 6.05. The van der Waals surface area contributed by atoms with E-state index in [-0.39, 0.29) is 24.2 Å². The maximum atomic E-state index is 13.0. The van der Waals surface area contributed by atoms with E-state index in [1.807, 2.05) is 30.3 Å². The van der Waals surface area contributed by atoms with Crippen molar-refractivity contribution in [1.82, 2.24) is 4.90 Å². The van der Waals surface area contributed by atoms with Crippen LogP contribution in [0.1, 0.15) is 48.3 Å². The molecule has 2 N–H and O–H groups in total. The van der Waals surface area contributed by atoms with Crippen molar-refractivity contribution in [3.05, 3.63) is 71.3 Å². The predicted molar refractivity (Wildman–Crippen MR) is 102 cm³/mol. The fraction of sp³-hybridized carbons (Fsp3) is 0.364. The van der Waals surface area contributed by atoms with E-state index < -0.39 is 0 Å². The molecule has 0 aliphatic heterocycles. The molecule has 2 amide bonds. The average molecular weight is 350 g/mol. The average Bonchev–Trinajstić information content (AvgIpc) is 2.66. The van der Waals surface area contributed by atoms with Crippen molar-refractivity contribution in [3.8, 4) is 0 Å². The molecule has 3 rings (SSSR count). The molecule has 0 heterocycles. The summed E-state index contributed by atoms with van der Waals surface area (Å²) in [5, 5.41) is 0. The quantitative estimate of drug-likeness (QED) is 0.832. The Bertz CT molecular complexity index is 758. The van der Waals surface area contributed by atoms with Gasteiger partial charge >= 0.3 is 0 Å². The van der Waals surface area contributed by atoms with E-state index in [9.17, 15) is 9.59 Å². The van der Waals surface area contributed by atoms with Crippen LogP contribution in [0.5, 0.6) is 0 Å². The molecule has 2 aromatic carbocycles. The van der Waals surface area contributed by atoms with Crippen LogP contribution in [0.25, 0.3) is 0 Å². The Balaban J connectivity index is 1.72. The molecule has 0 fully saturated rings. The first kappa shape index (κ1) is 18.2. The number of amides is 2. The number of rotatable bonds is 7. The zero-order valence-corrected chi connectivity index (χ0v) is 15.1. The molecule has 1 atom stereocenters. The second kappa shape index (κ2) is 8.65. The number of benzene rings is 2. The maximum Gasteiger partial charge on any atom is 0.223 e. The van der Waals surface area contributed by atoms with Gasteiger partial charge in [0.1, 0.15) is 0 Å². The van der Waals surface area contributed by atoms with Gasteiger partial charge in [0.25, 0.3) is 0 Å². The summed E-state index contributed by atoms with van der Waals surface area (Å²) in [6.07, 6.45) is 3.94. The van der Waals surface area contributed by atoms with Crippen LogP contribution in [0.2, 0.25) is 0 Å². The number of nitrogens with zero attached hydrogens (tertiary/aromatic N) is 1. The number of primary amides is 1. The Morgan fingerprint density at radius 1 is 1.04 bits per heavy atom. The molecule has 1 unspecified atom stereocenters. The van der Waals surface area contributed by atoms with Crippen LogP contribution in [0.15, 0.2) is 54.6 Å². The highest BCUT2D eigenvalue weighted by Crippen LogP contribution is 2.34. The van der Waals surface area contributed by atoms with E-state index in [4.69, 9.17) is 5.73 Å². The number of nitrogens with two attached hydrogens (primary N) is 1. The fourth-order valence-electron chi connectivity index (χ4n) is 3.75. The van der Waals surface area contributed by atoms with Crippen molar-refractivity contribution in [1.29, 1.82) is 0 Å². The van der Waals surface area contributed by atoms with Crippen LogP contribution < -0.4 is 5.73 Å². The monoisotopic (exact) mass is 350 g/mol. The first-order valence-corrected chi connectivity index (χ1v) is 9.31. The summed E-state index contributed by atoms with van der Waals surface area (Å²) < 4.78 is 0. The molecule has 1 aliphatic rings. The van der Waals surface area contributed by atoms with E-state index in [2.05, 4.69) is 24.3 Å². The minimum absolute atomic E-state index is 0.0943. The lowest BCUT2D eigenvalue weighted by Crippen LogP contribution is -2.34. The molecule has 1 aliphatic carbocycles. The van der Waals surface area contributed by atoms with Gasteiger partial charge in [0.05, 0.1) is 0 Å². The second-order valence-electron chi connectivity index (χ2n) is 7.01. The number of aryl methyl sites for hydroxylation is 1. The fourth-order valence-corrected chi connectivity index (χ4v) is 3.75. The first-order chi connectivity index (χ1) is 12.6. The highest BCUT2D eigenvalue weighted by atomic mass is 16.2. The lowest BCUT2D eigenvalue weighted by molar-refractivity contribution is -0.132. The summed E-state index contributed by atoms with van der Waals surface area (Å²) in [6, 6.07) is 18.3. The van der Waals surface area contributed by atoms with Gasteiger partial charge in [-0.1, -0.05) is 54.6 Å². The minimum Gasteiger partial charge on any atom is -0.370 e. The molecule has 136 valence electrons. The van der Waals surface area contributed by atoms with Crippen molar-refractivity contribution >= 4 is 11.8 Å². The number of carbonyl (C=O) groups excluding carboxylic acids is 2. The summed E-state index contributed by atoms with van der Waals surface area (Å²) in [6.45, 7) is 0.888. The Labute approximate surface area is 155 Å². The van der Waals surface area contributed by atoms with Crippen molar-refractivity contribution < 1.29 is 9.59 Å². The molecule has 2 aromatic rings. The van der Waals surface area contributed by atoms with Crippen molar-refractivity contribution in [2.45, 2.75) is 44.6 Å². The van der Waals surface area contributed by atoms with Crippen LogP contribution in [-0.4, -0.2) is 23.3 Å². The number of hydrogen-bond donors (Lipinski definition) is 1. The lowest BCUT2D eigenvalue weighted by atomic mass is 9.81. The molecule has 0 radical (unpaired) electrons. The van der Waals surface area contributed by atoms with Gasteiger partial charge in [0.15, 0.2) is 0 Å². The van der Waals surface area contributed by atoms with Gasteiger partial charge in [-0.25, -0.2) is 0 Å². The zero-order valence-electron chi connectivity index (χ0n) is 15.1. The Morgan fingerprint density at radius 2 is 1.77 bits per heavy atom. The summed E-state index contributed by atoms with van der Waals surface area (Å²) >= 11 is 0. The molecule has 0 bridgehead atoms. The summed E-state index contributed by atoms with van der Waals surface area (Å²) in [5.41, 5.74) is 9.04. The number of hydrogen-bond acceptors (Lipinski definition) is 2. The van der Waals surface area contributed by atoms with Gasteiger partial charge in [-0.2, -0.15) is 0 Å². The summed E-state index contributed by atoms with van der Waals surface area (Å²) in [5.74, 6) is -0.0185. The van der Waals surface area contributed by atoms with Gasteiger partial charge in [0.2, 0.25) is 11.8 Å². The largest absolute Gasteiger partial charge is 0.370 e. The van der Waals surface area contributed by atoms with E-state index in [1.165, 1.54) is 11.1 Å². The highest BCUT2D eigenvalue weighted by molar-refractivity contribution is 5.79. The van der Waals surface area contributed by atoms with E-state index in [0.717, 1.165) is 24.8 Å². The van der Waals surface area contributed by atoms with Gasteiger partial charge in [-0.05, 0) is 41.9 Å². The van der Waals surface area contributed by atoms with Gasteiger partial charge < -0.3 is 10.6 Å². The van der Waals surface area contributed by atoms with Gasteiger partial charge in [0, 0.05) is 25.9 Å². The topological polar surface area (TPSA) is 63.4 Å². The SMILES string of the molecule is NC(=O)CCN(Cc1ccccc1)C(=O)CC1CCCc2ccccc21. The van der Waals surface area contributed by atoms with Crippen LogP contribution in [0.4, 0.5) is 0 Å². The van der Waals surface area contributed by atoms with E-state index in [1.54, 1.807) is 4.90 Å². The molecule has 0 aromatic heterocycles. The molecule has 26 heavy (non-hydrogen) atoms. The zero-order chi connectivity index (χ0) is 18.4. The smallest absolute Gasteiger partial charge is 0.223 e. The maximum absolute atomic E-state index is 13.0. The Morgan fingerprint density at radius 3 is 2.54 bits per heavy atom. The summed E-state index contributed by atoms with van der Waals surface area (Å²) in [7, 11) is 0. The normalized spacial score (nSPS) is 15.9. The molecular formula is C22H26N2O2. The highest BCUT2D eigenvalue weighted by Gasteiger charge is 2.25. The molecule has 4 nitrogen and oxygen atoms in total. The standard InChI is InChI=1S/C22H26N2O2/c23-21(25)13-14-24(16-17-7-2-1-3-8-17)22(26)15-19-11-6-10-18-9-4-5-12-20(18)19/h1-5,7-9,12,19H,6,10-11,13-16H2,(H2,23,25). The number of fused-ring (bicyclic) bond motifs is 1. The minimum atomic E-state index is -0.376. The van der Waals surface area contributed by atoms with E-state index in [0.29, 0.717) is 19.5 Å². The van der Waals surface area contributed by atoms with Crippen molar-refractivity contribution in [3.63, 3.8) is 0 Å². The van der Waals surface area contributed by atoms with Crippen LogP contribution in [-0.2, 0) is 22.6 Å². The molecule has 0 saturated heterocycles. The second-order valence-corrected chi connectivity index (χ2v) is 7.01. The molecule has 0 spiro atoms. The first-order valence-electron chi connectivity index (χ1n) is 9.31. The molecular weight excluding hydrogens is 324 g/mol. The third-order valence-corrected chi connectivity index (χ3v) is 5.11. The van der Waals surface area contributed by atoms with Crippen LogP contribution in [0.3, 0.4) is 0 Å². The van der Waals surface area contributed by atoms with Gasteiger partial charge in [-0.15, -0.1) is 0 Å². The number of carbonyl (C=O) groups is 2. The van der Waals surface area contributed by atoms with Crippen molar-refractivity contribution in [2.75, 3.05) is 6.54 Å². The van der Waals surface area contributed by atoms with Crippen LogP contribution >= 0.6 is 0 Å². The van der Waals surface area contributed by atoms with E-state index >= 15 is 0 Å². The van der Waals surface area contributed by atoms with Gasteiger partial charge in [-0.3, -0.25) is 9.59 Å². The van der Waals surface area contributed by atoms with Crippen molar-refractivity contribution in [2.24, 2.45) is 5.73 Å².